The number of sulfone groups is 1. The van der Waals surface area contributed by atoms with Gasteiger partial charge in [0.05, 0.1) is 9.77 Å². The van der Waals surface area contributed by atoms with Gasteiger partial charge in [-0.05, 0) is 60.4 Å². The molecule has 0 saturated heterocycles. The Hall–Kier alpha value is -1.66. The Morgan fingerprint density at radius 2 is 1.96 bits per heavy atom. The van der Waals surface area contributed by atoms with Gasteiger partial charge < -0.3 is 5.32 Å². The van der Waals surface area contributed by atoms with Crippen LogP contribution in [0, 0.1) is 11.3 Å². The Bertz CT molecular complexity index is 936. The monoisotopic (exact) mass is 391 g/mol. The van der Waals surface area contributed by atoms with Crippen molar-refractivity contribution in [3.63, 3.8) is 0 Å². The van der Waals surface area contributed by atoms with Gasteiger partial charge in [0.25, 0.3) is 5.91 Å². The number of aryl methyl sites for hydroxylation is 1. The quantitative estimate of drug-likeness (QED) is 0.834. The van der Waals surface area contributed by atoms with Gasteiger partial charge >= 0.3 is 0 Å². The molecule has 0 radical (unpaired) electrons. The van der Waals surface area contributed by atoms with Gasteiger partial charge in [0.1, 0.15) is 0 Å². The van der Waals surface area contributed by atoms with E-state index in [1.807, 2.05) is 6.07 Å². The van der Waals surface area contributed by atoms with E-state index >= 15 is 0 Å². The number of rotatable bonds is 3. The van der Waals surface area contributed by atoms with Crippen molar-refractivity contribution < 1.29 is 13.2 Å². The smallest absolute Gasteiger partial charge is 0.265 e. The number of carbonyl (C=O) groups excluding carboxylic acids is 1. The molecule has 2 aromatic rings. The van der Waals surface area contributed by atoms with Crippen LogP contribution in [0.1, 0.15) is 47.3 Å². The minimum absolute atomic E-state index is 0.178. The maximum absolute atomic E-state index is 12.6. The summed E-state index contributed by atoms with van der Waals surface area (Å²) in [5.41, 5.74) is 2.06. The Balaban J connectivity index is 1.78. The molecule has 1 N–H and O–H groups in total. The molecular formula is C20H25NO3S2. The standard InChI is InChI=1S/C20H25NO3S2/c1-20(2,3)14-8-9-17-13(10-14)11-18(25-17)19(22)21-15-6-5-7-16(12-15)26(4,23)24/h5-7,11-12,14H,8-10H2,1-4H3,(H,21,22)/t14-/m1/s1. The van der Waals surface area contributed by atoms with Crippen molar-refractivity contribution in [3.8, 4) is 0 Å². The minimum Gasteiger partial charge on any atom is -0.321 e. The van der Waals surface area contributed by atoms with Crippen molar-refractivity contribution in [1.29, 1.82) is 0 Å². The number of thiophene rings is 1. The third kappa shape index (κ3) is 4.18. The molecular weight excluding hydrogens is 366 g/mol. The van der Waals surface area contributed by atoms with Crippen LogP contribution in [-0.4, -0.2) is 20.6 Å². The van der Waals surface area contributed by atoms with E-state index < -0.39 is 9.84 Å². The normalized spacial score (nSPS) is 17.6. The van der Waals surface area contributed by atoms with Crippen LogP contribution in [-0.2, 0) is 22.7 Å². The molecule has 1 heterocycles. The van der Waals surface area contributed by atoms with E-state index in [2.05, 4.69) is 26.1 Å². The predicted molar refractivity (Wildman–Crippen MR) is 107 cm³/mol. The number of benzene rings is 1. The SMILES string of the molecule is CC(C)(C)[C@@H]1CCc2sc(C(=O)Nc3cccc(S(C)(=O)=O)c3)cc2C1. The molecule has 6 heteroatoms. The van der Waals surface area contributed by atoms with Crippen LogP contribution in [0.4, 0.5) is 5.69 Å². The zero-order valence-corrected chi connectivity index (χ0v) is 17.3. The first-order chi connectivity index (χ1) is 12.0. The number of carbonyl (C=O) groups is 1. The summed E-state index contributed by atoms with van der Waals surface area (Å²) in [5, 5.41) is 2.83. The summed E-state index contributed by atoms with van der Waals surface area (Å²) < 4.78 is 23.3. The minimum atomic E-state index is -3.30. The molecule has 0 spiro atoms. The summed E-state index contributed by atoms with van der Waals surface area (Å²) in [6.45, 7) is 6.83. The lowest BCUT2D eigenvalue weighted by molar-refractivity contribution is 0.103. The second-order valence-corrected chi connectivity index (χ2v) is 11.3. The van der Waals surface area contributed by atoms with Crippen LogP contribution in [0.15, 0.2) is 35.2 Å². The van der Waals surface area contributed by atoms with Gasteiger partial charge in [-0.2, -0.15) is 0 Å². The van der Waals surface area contributed by atoms with Gasteiger partial charge in [0.15, 0.2) is 9.84 Å². The predicted octanol–water partition coefficient (Wildman–Crippen LogP) is 4.55. The Morgan fingerprint density at radius 3 is 2.62 bits per heavy atom. The Kier molecular flexibility index (Phi) is 5.01. The van der Waals surface area contributed by atoms with Crippen LogP contribution in [0.25, 0.3) is 0 Å². The van der Waals surface area contributed by atoms with E-state index in [0.29, 0.717) is 16.5 Å². The highest BCUT2D eigenvalue weighted by Crippen LogP contribution is 2.40. The van der Waals surface area contributed by atoms with E-state index in [-0.39, 0.29) is 16.2 Å². The molecule has 0 aliphatic heterocycles. The van der Waals surface area contributed by atoms with Gasteiger partial charge in [-0.25, -0.2) is 8.42 Å². The van der Waals surface area contributed by atoms with E-state index in [1.165, 1.54) is 22.6 Å². The molecule has 4 nitrogen and oxygen atoms in total. The van der Waals surface area contributed by atoms with Gasteiger partial charge in [0, 0.05) is 16.8 Å². The van der Waals surface area contributed by atoms with Crippen molar-refractivity contribution in [2.75, 3.05) is 11.6 Å². The van der Waals surface area contributed by atoms with Crippen molar-refractivity contribution in [1.82, 2.24) is 0 Å². The molecule has 26 heavy (non-hydrogen) atoms. The van der Waals surface area contributed by atoms with E-state index in [1.54, 1.807) is 23.5 Å². The fraction of sp³-hybridized carbons (Fsp3) is 0.450. The molecule has 1 aromatic heterocycles. The molecule has 1 aromatic carbocycles. The molecule has 1 aliphatic rings. The first-order valence-corrected chi connectivity index (χ1v) is 11.5. The number of anilines is 1. The van der Waals surface area contributed by atoms with Crippen LogP contribution in [0.2, 0.25) is 0 Å². The fourth-order valence-electron chi connectivity index (χ4n) is 3.37. The first kappa shape index (κ1) is 19.1. The van der Waals surface area contributed by atoms with Gasteiger partial charge in [-0.1, -0.05) is 26.8 Å². The molecule has 0 unspecified atom stereocenters. The highest BCUT2D eigenvalue weighted by atomic mass is 32.2. The zero-order chi connectivity index (χ0) is 19.1. The molecule has 0 fully saturated rings. The van der Waals surface area contributed by atoms with Gasteiger partial charge in [-0.15, -0.1) is 11.3 Å². The summed E-state index contributed by atoms with van der Waals surface area (Å²) >= 11 is 1.55. The number of amides is 1. The van der Waals surface area contributed by atoms with Crippen LogP contribution in [0.5, 0.6) is 0 Å². The van der Waals surface area contributed by atoms with Crippen LogP contribution >= 0.6 is 11.3 Å². The second kappa shape index (κ2) is 6.82. The number of hydrogen-bond acceptors (Lipinski definition) is 4. The molecule has 0 saturated carbocycles. The summed E-state index contributed by atoms with van der Waals surface area (Å²) in [4.78, 5) is 14.8. The van der Waals surface area contributed by atoms with Crippen LogP contribution < -0.4 is 5.32 Å². The Morgan fingerprint density at radius 1 is 1.23 bits per heavy atom. The van der Waals surface area contributed by atoms with Crippen LogP contribution in [0.3, 0.4) is 0 Å². The second-order valence-electron chi connectivity index (χ2n) is 8.12. The summed E-state index contributed by atoms with van der Waals surface area (Å²) in [7, 11) is -3.30. The third-order valence-corrected chi connectivity index (χ3v) is 7.40. The molecule has 0 bridgehead atoms. The third-order valence-electron chi connectivity index (χ3n) is 5.05. The van der Waals surface area contributed by atoms with Gasteiger partial charge in [0.2, 0.25) is 0 Å². The average Bonchev–Trinajstić information content (AvgIpc) is 2.96. The Labute approximate surface area is 159 Å². The first-order valence-electron chi connectivity index (χ1n) is 8.77. The molecule has 1 aliphatic carbocycles. The van der Waals surface area contributed by atoms with E-state index in [9.17, 15) is 13.2 Å². The van der Waals surface area contributed by atoms with E-state index in [4.69, 9.17) is 0 Å². The maximum Gasteiger partial charge on any atom is 0.265 e. The zero-order valence-electron chi connectivity index (χ0n) is 15.6. The number of fused-ring (bicyclic) bond motifs is 1. The highest BCUT2D eigenvalue weighted by molar-refractivity contribution is 7.90. The molecule has 140 valence electrons. The summed E-state index contributed by atoms with van der Waals surface area (Å²) in [6.07, 6.45) is 4.37. The van der Waals surface area contributed by atoms with Crippen molar-refractivity contribution in [2.24, 2.45) is 11.3 Å². The van der Waals surface area contributed by atoms with Crippen molar-refractivity contribution in [2.45, 2.75) is 44.9 Å². The maximum atomic E-state index is 12.6. The molecule has 1 atom stereocenters. The lowest BCUT2D eigenvalue weighted by Gasteiger charge is -2.33. The summed E-state index contributed by atoms with van der Waals surface area (Å²) in [5.74, 6) is 0.453. The van der Waals surface area contributed by atoms with E-state index in [0.717, 1.165) is 25.5 Å². The topological polar surface area (TPSA) is 63.2 Å². The molecule has 1 amide bonds. The highest BCUT2D eigenvalue weighted by Gasteiger charge is 2.30. The van der Waals surface area contributed by atoms with Gasteiger partial charge in [-0.3, -0.25) is 4.79 Å². The number of nitrogens with one attached hydrogen (secondary N) is 1. The largest absolute Gasteiger partial charge is 0.321 e. The number of hydrogen-bond donors (Lipinski definition) is 1. The average molecular weight is 392 g/mol. The molecule has 3 rings (SSSR count). The van der Waals surface area contributed by atoms with Crippen molar-refractivity contribution in [3.05, 3.63) is 45.6 Å². The lowest BCUT2D eigenvalue weighted by Crippen LogP contribution is -2.26. The van der Waals surface area contributed by atoms with Crippen molar-refractivity contribution >= 4 is 32.8 Å². The summed E-state index contributed by atoms with van der Waals surface area (Å²) in [6, 6.07) is 8.38. The lowest BCUT2D eigenvalue weighted by atomic mass is 9.72. The fourth-order valence-corrected chi connectivity index (χ4v) is 5.14.